The SMILES string of the molecule is Cc1cccc(C)c1C(CN)N(Cc1cccs1)C1CC1. The molecule has 3 rings (SSSR count). The zero-order chi connectivity index (χ0) is 14.8. The van der Waals surface area contributed by atoms with Crippen LogP contribution in [-0.4, -0.2) is 17.5 Å². The summed E-state index contributed by atoms with van der Waals surface area (Å²) in [5, 5.41) is 2.16. The number of rotatable bonds is 6. The molecule has 2 aromatic rings. The second-order valence-electron chi connectivity index (χ2n) is 6.04. The van der Waals surface area contributed by atoms with Crippen LogP contribution in [0.25, 0.3) is 0 Å². The first-order chi connectivity index (χ1) is 10.2. The van der Waals surface area contributed by atoms with Crippen molar-refractivity contribution in [1.29, 1.82) is 0 Å². The molecule has 112 valence electrons. The fraction of sp³-hybridized carbons (Fsp3) is 0.444. The Balaban J connectivity index is 1.92. The molecule has 1 fully saturated rings. The van der Waals surface area contributed by atoms with Gasteiger partial charge in [0, 0.05) is 30.1 Å². The zero-order valence-electron chi connectivity index (χ0n) is 12.9. The lowest BCUT2D eigenvalue weighted by molar-refractivity contribution is 0.182. The first-order valence-corrected chi connectivity index (χ1v) is 8.63. The molecule has 1 aliphatic carbocycles. The molecule has 1 unspecified atom stereocenters. The van der Waals surface area contributed by atoms with Crippen LogP contribution < -0.4 is 5.73 Å². The van der Waals surface area contributed by atoms with Crippen LogP contribution in [0, 0.1) is 13.8 Å². The van der Waals surface area contributed by atoms with Gasteiger partial charge in [0.25, 0.3) is 0 Å². The highest BCUT2D eigenvalue weighted by molar-refractivity contribution is 7.09. The summed E-state index contributed by atoms with van der Waals surface area (Å²) in [5.74, 6) is 0. The largest absolute Gasteiger partial charge is 0.329 e. The fourth-order valence-electron chi connectivity index (χ4n) is 3.25. The molecule has 0 radical (unpaired) electrons. The molecule has 0 bridgehead atoms. The van der Waals surface area contributed by atoms with E-state index in [0.717, 1.165) is 6.54 Å². The molecule has 1 aromatic heterocycles. The smallest absolute Gasteiger partial charge is 0.0482 e. The van der Waals surface area contributed by atoms with E-state index >= 15 is 0 Å². The third-order valence-electron chi connectivity index (χ3n) is 4.43. The van der Waals surface area contributed by atoms with E-state index in [1.165, 1.54) is 34.4 Å². The van der Waals surface area contributed by atoms with E-state index in [9.17, 15) is 0 Å². The van der Waals surface area contributed by atoms with Gasteiger partial charge in [0.1, 0.15) is 0 Å². The summed E-state index contributed by atoms with van der Waals surface area (Å²) in [6.45, 7) is 6.13. The molecule has 1 aliphatic rings. The average Bonchev–Trinajstić information content (AvgIpc) is 3.18. The molecule has 1 saturated carbocycles. The zero-order valence-corrected chi connectivity index (χ0v) is 13.7. The minimum Gasteiger partial charge on any atom is -0.329 e. The Morgan fingerprint density at radius 2 is 1.90 bits per heavy atom. The van der Waals surface area contributed by atoms with Crippen molar-refractivity contribution in [3.63, 3.8) is 0 Å². The summed E-state index contributed by atoms with van der Waals surface area (Å²) in [6.07, 6.45) is 2.62. The minimum atomic E-state index is 0.334. The molecular weight excluding hydrogens is 276 g/mol. The molecule has 0 amide bonds. The number of thiophene rings is 1. The second kappa shape index (κ2) is 6.30. The molecule has 0 aliphatic heterocycles. The molecule has 0 spiro atoms. The Morgan fingerprint density at radius 1 is 1.19 bits per heavy atom. The summed E-state index contributed by atoms with van der Waals surface area (Å²) < 4.78 is 0. The van der Waals surface area contributed by atoms with Crippen molar-refractivity contribution in [2.75, 3.05) is 6.54 Å². The van der Waals surface area contributed by atoms with Gasteiger partial charge in [0.15, 0.2) is 0 Å². The molecule has 3 heteroatoms. The van der Waals surface area contributed by atoms with Gasteiger partial charge < -0.3 is 5.73 Å². The first kappa shape index (κ1) is 14.8. The lowest BCUT2D eigenvalue weighted by atomic mass is 9.94. The van der Waals surface area contributed by atoms with Crippen LogP contribution in [0.3, 0.4) is 0 Å². The molecular formula is C18H24N2S. The number of benzene rings is 1. The Labute approximate surface area is 131 Å². The maximum absolute atomic E-state index is 6.20. The molecule has 1 aromatic carbocycles. The topological polar surface area (TPSA) is 29.3 Å². The highest BCUT2D eigenvalue weighted by Gasteiger charge is 2.35. The number of nitrogens with zero attached hydrogens (tertiary/aromatic N) is 1. The van der Waals surface area contributed by atoms with Gasteiger partial charge in [-0.1, -0.05) is 24.3 Å². The van der Waals surface area contributed by atoms with E-state index in [0.29, 0.717) is 18.6 Å². The van der Waals surface area contributed by atoms with Crippen LogP contribution >= 0.6 is 11.3 Å². The Hall–Kier alpha value is -1.16. The summed E-state index contributed by atoms with van der Waals surface area (Å²) in [7, 11) is 0. The quantitative estimate of drug-likeness (QED) is 0.872. The maximum Gasteiger partial charge on any atom is 0.0482 e. The van der Waals surface area contributed by atoms with Crippen LogP contribution in [0.15, 0.2) is 35.7 Å². The van der Waals surface area contributed by atoms with E-state index in [1.807, 2.05) is 11.3 Å². The third-order valence-corrected chi connectivity index (χ3v) is 5.29. The normalized spacial score (nSPS) is 16.4. The van der Waals surface area contributed by atoms with Crippen LogP contribution in [-0.2, 0) is 6.54 Å². The predicted octanol–water partition coefficient (Wildman–Crippen LogP) is 4.03. The van der Waals surface area contributed by atoms with Crippen molar-refractivity contribution < 1.29 is 0 Å². The summed E-state index contributed by atoms with van der Waals surface area (Å²) in [4.78, 5) is 4.06. The van der Waals surface area contributed by atoms with Crippen molar-refractivity contribution in [3.8, 4) is 0 Å². The number of hydrogen-bond donors (Lipinski definition) is 1. The maximum atomic E-state index is 6.20. The van der Waals surface area contributed by atoms with Gasteiger partial charge in [-0.25, -0.2) is 0 Å². The van der Waals surface area contributed by atoms with Crippen molar-refractivity contribution in [2.45, 2.75) is 45.3 Å². The van der Waals surface area contributed by atoms with Gasteiger partial charge in [-0.2, -0.15) is 0 Å². The molecule has 1 atom stereocenters. The third kappa shape index (κ3) is 3.20. The summed E-state index contributed by atoms with van der Waals surface area (Å²) >= 11 is 1.85. The van der Waals surface area contributed by atoms with E-state index in [2.05, 4.69) is 54.5 Å². The van der Waals surface area contributed by atoms with E-state index in [1.54, 1.807) is 0 Å². The van der Waals surface area contributed by atoms with Crippen molar-refractivity contribution in [1.82, 2.24) is 4.90 Å². The van der Waals surface area contributed by atoms with Crippen molar-refractivity contribution in [3.05, 3.63) is 57.3 Å². The number of aryl methyl sites for hydroxylation is 2. The molecule has 21 heavy (non-hydrogen) atoms. The minimum absolute atomic E-state index is 0.334. The predicted molar refractivity (Wildman–Crippen MR) is 90.6 cm³/mol. The summed E-state index contributed by atoms with van der Waals surface area (Å²) in [5.41, 5.74) is 10.4. The highest BCUT2D eigenvalue weighted by atomic mass is 32.1. The van der Waals surface area contributed by atoms with Crippen molar-refractivity contribution >= 4 is 11.3 Å². The van der Waals surface area contributed by atoms with Crippen LogP contribution in [0.4, 0.5) is 0 Å². The number of nitrogens with two attached hydrogens (primary N) is 1. The average molecular weight is 300 g/mol. The lowest BCUT2D eigenvalue weighted by Gasteiger charge is -2.33. The summed E-state index contributed by atoms with van der Waals surface area (Å²) in [6, 6.07) is 12.0. The Bertz CT molecular complexity index is 567. The first-order valence-electron chi connectivity index (χ1n) is 7.75. The van der Waals surface area contributed by atoms with Crippen LogP contribution in [0.5, 0.6) is 0 Å². The lowest BCUT2D eigenvalue weighted by Crippen LogP contribution is -2.35. The molecule has 1 heterocycles. The van der Waals surface area contributed by atoms with Gasteiger partial charge >= 0.3 is 0 Å². The molecule has 0 saturated heterocycles. The van der Waals surface area contributed by atoms with Crippen LogP contribution in [0.1, 0.15) is 40.5 Å². The van der Waals surface area contributed by atoms with E-state index in [4.69, 9.17) is 5.73 Å². The van der Waals surface area contributed by atoms with E-state index < -0.39 is 0 Å². The van der Waals surface area contributed by atoms with Gasteiger partial charge in [-0.15, -0.1) is 11.3 Å². The van der Waals surface area contributed by atoms with Crippen LogP contribution in [0.2, 0.25) is 0 Å². The van der Waals surface area contributed by atoms with E-state index in [-0.39, 0.29) is 0 Å². The van der Waals surface area contributed by atoms with Gasteiger partial charge in [-0.3, -0.25) is 4.90 Å². The monoisotopic (exact) mass is 300 g/mol. The number of hydrogen-bond acceptors (Lipinski definition) is 3. The fourth-order valence-corrected chi connectivity index (χ4v) is 3.97. The van der Waals surface area contributed by atoms with Gasteiger partial charge in [0.2, 0.25) is 0 Å². The van der Waals surface area contributed by atoms with Gasteiger partial charge in [0.05, 0.1) is 0 Å². The Kier molecular flexibility index (Phi) is 4.43. The molecule has 2 N–H and O–H groups in total. The molecule has 2 nitrogen and oxygen atoms in total. The highest BCUT2D eigenvalue weighted by Crippen LogP contribution is 2.37. The van der Waals surface area contributed by atoms with Crippen molar-refractivity contribution in [2.24, 2.45) is 5.73 Å². The Morgan fingerprint density at radius 3 is 2.43 bits per heavy atom. The standard InChI is InChI=1S/C18H24N2S/c1-13-5-3-6-14(2)18(13)17(11-19)20(15-8-9-15)12-16-7-4-10-21-16/h3-7,10,15,17H,8-9,11-12,19H2,1-2H3. The second-order valence-corrected chi connectivity index (χ2v) is 7.07. The van der Waals surface area contributed by atoms with Gasteiger partial charge in [-0.05, 0) is 54.8 Å².